The Morgan fingerprint density at radius 1 is 1.15 bits per heavy atom. The minimum Gasteiger partial charge on any atom is -0.489 e. The third-order valence-corrected chi connectivity index (χ3v) is 4.16. The number of rotatable bonds is 6. The number of halogens is 2. The van der Waals surface area contributed by atoms with Gasteiger partial charge in [-0.25, -0.2) is 5.43 Å². The Morgan fingerprint density at radius 2 is 2.04 bits per heavy atom. The Balaban J connectivity index is 1.59. The fourth-order valence-electron chi connectivity index (χ4n) is 2.21. The standard InChI is InChI=1S/C20H15Cl2N3O2/c21-17-7-6-16(19(22)10-17)13-27-18-5-1-3-14(9-18)11-24-25-20(26)15-4-2-8-23-12-15/h1-12H,13H2,(H,25,26). The number of benzene rings is 2. The lowest BCUT2D eigenvalue weighted by molar-refractivity contribution is 0.0955. The zero-order valence-electron chi connectivity index (χ0n) is 14.1. The molecule has 5 nitrogen and oxygen atoms in total. The summed E-state index contributed by atoms with van der Waals surface area (Å²) in [5.41, 5.74) is 4.51. The molecule has 3 rings (SSSR count). The molecule has 0 radical (unpaired) electrons. The average Bonchev–Trinajstić information content (AvgIpc) is 2.68. The average molecular weight is 400 g/mol. The monoisotopic (exact) mass is 399 g/mol. The van der Waals surface area contributed by atoms with Crippen molar-refractivity contribution in [2.24, 2.45) is 5.10 Å². The molecule has 1 amide bonds. The number of ether oxygens (including phenoxy) is 1. The normalized spacial score (nSPS) is 10.7. The van der Waals surface area contributed by atoms with E-state index >= 15 is 0 Å². The quantitative estimate of drug-likeness (QED) is 0.481. The van der Waals surface area contributed by atoms with Crippen LogP contribution in [0.15, 0.2) is 72.1 Å². The largest absolute Gasteiger partial charge is 0.489 e. The number of carbonyl (C=O) groups is 1. The Hall–Kier alpha value is -2.89. The van der Waals surface area contributed by atoms with Crippen molar-refractivity contribution < 1.29 is 9.53 Å². The Kier molecular flexibility index (Phi) is 6.41. The first kappa shape index (κ1) is 18.9. The van der Waals surface area contributed by atoms with Gasteiger partial charge in [-0.15, -0.1) is 0 Å². The second-order valence-electron chi connectivity index (χ2n) is 5.54. The lowest BCUT2D eigenvalue weighted by Crippen LogP contribution is -2.17. The number of nitrogens with one attached hydrogen (secondary N) is 1. The molecule has 7 heteroatoms. The van der Waals surface area contributed by atoms with Crippen LogP contribution in [-0.2, 0) is 6.61 Å². The maximum Gasteiger partial charge on any atom is 0.272 e. The van der Waals surface area contributed by atoms with Gasteiger partial charge in [0.05, 0.1) is 11.8 Å². The van der Waals surface area contributed by atoms with Gasteiger partial charge in [-0.05, 0) is 42.0 Å². The highest BCUT2D eigenvalue weighted by atomic mass is 35.5. The summed E-state index contributed by atoms with van der Waals surface area (Å²) in [5.74, 6) is 0.327. The molecule has 136 valence electrons. The molecule has 1 aromatic heterocycles. The van der Waals surface area contributed by atoms with E-state index in [1.807, 2.05) is 30.3 Å². The van der Waals surface area contributed by atoms with Crippen LogP contribution >= 0.6 is 23.2 Å². The molecule has 0 unspecified atom stereocenters. The predicted molar refractivity (Wildman–Crippen MR) is 107 cm³/mol. The molecule has 0 aliphatic rings. The van der Waals surface area contributed by atoms with Gasteiger partial charge in [-0.3, -0.25) is 9.78 Å². The molecule has 0 atom stereocenters. The van der Waals surface area contributed by atoms with Crippen molar-refractivity contribution in [3.63, 3.8) is 0 Å². The first-order valence-electron chi connectivity index (χ1n) is 8.02. The van der Waals surface area contributed by atoms with E-state index in [1.165, 1.54) is 12.4 Å². The van der Waals surface area contributed by atoms with Crippen LogP contribution in [0.25, 0.3) is 0 Å². The van der Waals surface area contributed by atoms with Crippen LogP contribution in [0.5, 0.6) is 5.75 Å². The third-order valence-electron chi connectivity index (χ3n) is 3.57. The van der Waals surface area contributed by atoms with Crippen molar-refractivity contribution in [3.05, 3.63) is 93.7 Å². The van der Waals surface area contributed by atoms with E-state index in [0.29, 0.717) is 28.0 Å². The van der Waals surface area contributed by atoms with Crippen LogP contribution in [0.1, 0.15) is 21.5 Å². The maximum absolute atomic E-state index is 11.9. The molecule has 0 aliphatic heterocycles. The van der Waals surface area contributed by atoms with Crippen LogP contribution in [0.4, 0.5) is 0 Å². The molecule has 0 fully saturated rings. The minimum atomic E-state index is -0.330. The number of hydrogen-bond acceptors (Lipinski definition) is 4. The highest BCUT2D eigenvalue weighted by Crippen LogP contribution is 2.23. The van der Waals surface area contributed by atoms with Crippen molar-refractivity contribution in [3.8, 4) is 5.75 Å². The second kappa shape index (κ2) is 9.16. The van der Waals surface area contributed by atoms with Crippen LogP contribution in [0.2, 0.25) is 10.0 Å². The number of aromatic nitrogens is 1. The number of pyridine rings is 1. The predicted octanol–water partition coefficient (Wildman–Crippen LogP) is 4.73. The third kappa shape index (κ3) is 5.54. The summed E-state index contributed by atoms with van der Waals surface area (Å²) in [6.07, 6.45) is 4.61. The number of carbonyl (C=O) groups excluding carboxylic acids is 1. The van der Waals surface area contributed by atoms with Gasteiger partial charge < -0.3 is 4.74 Å². The van der Waals surface area contributed by atoms with Crippen molar-refractivity contribution >= 4 is 35.3 Å². The van der Waals surface area contributed by atoms with E-state index in [9.17, 15) is 4.79 Å². The van der Waals surface area contributed by atoms with E-state index in [4.69, 9.17) is 27.9 Å². The molecule has 0 saturated heterocycles. The van der Waals surface area contributed by atoms with Gasteiger partial charge in [0, 0.05) is 28.0 Å². The van der Waals surface area contributed by atoms with E-state index in [0.717, 1.165) is 11.1 Å². The summed E-state index contributed by atoms with van der Waals surface area (Å²) in [6, 6.07) is 15.9. The minimum absolute atomic E-state index is 0.314. The molecule has 3 aromatic rings. The van der Waals surface area contributed by atoms with Gasteiger partial charge >= 0.3 is 0 Å². The van der Waals surface area contributed by atoms with Gasteiger partial charge in [0.25, 0.3) is 5.91 Å². The first-order valence-corrected chi connectivity index (χ1v) is 8.77. The van der Waals surface area contributed by atoms with E-state index in [2.05, 4.69) is 15.5 Å². The summed E-state index contributed by atoms with van der Waals surface area (Å²) < 4.78 is 5.77. The first-order chi connectivity index (χ1) is 13.1. The van der Waals surface area contributed by atoms with Crippen LogP contribution in [0.3, 0.4) is 0 Å². The van der Waals surface area contributed by atoms with Crippen molar-refractivity contribution in [1.82, 2.24) is 10.4 Å². The van der Waals surface area contributed by atoms with Crippen molar-refractivity contribution in [2.75, 3.05) is 0 Å². The number of amides is 1. The molecular weight excluding hydrogens is 385 g/mol. The smallest absolute Gasteiger partial charge is 0.272 e. The number of hydrogen-bond donors (Lipinski definition) is 1. The molecule has 27 heavy (non-hydrogen) atoms. The van der Waals surface area contributed by atoms with Crippen LogP contribution in [0, 0.1) is 0 Å². The molecule has 0 saturated carbocycles. The molecular formula is C20H15Cl2N3O2. The second-order valence-corrected chi connectivity index (χ2v) is 6.38. The number of nitrogens with zero attached hydrogens (tertiary/aromatic N) is 2. The highest BCUT2D eigenvalue weighted by molar-refractivity contribution is 6.35. The van der Waals surface area contributed by atoms with Gasteiger partial charge in [0.1, 0.15) is 12.4 Å². The molecule has 0 spiro atoms. The van der Waals surface area contributed by atoms with E-state index < -0.39 is 0 Å². The summed E-state index contributed by atoms with van der Waals surface area (Å²) in [6.45, 7) is 0.314. The molecule has 0 aliphatic carbocycles. The fraction of sp³-hybridized carbons (Fsp3) is 0.0500. The van der Waals surface area contributed by atoms with E-state index in [1.54, 1.807) is 30.5 Å². The summed E-state index contributed by atoms with van der Waals surface area (Å²) in [5, 5.41) is 5.09. The number of hydrazone groups is 1. The van der Waals surface area contributed by atoms with E-state index in [-0.39, 0.29) is 5.91 Å². The van der Waals surface area contributed by atoms with Gasteiger partial charge in [-0.1, -0.05) is 41.4 Å². The van der Waals surface area contributed by atoms with Gasteiger partial charge in [0.15, 0.2) is 0 Å². The van der Waals surface area contributed by atoms with Crippen molar-refractivity contribution in [1.29, 1.82) is 0 Å². The molecule has 0 bridgehead atoms. The SMILES string of the molecule is O=C(NN=Cc1cccc(OCc2ccc(Cl)cc2Cl)c1)c1cccnc1. The Bertz CT molecular complexity index is 962. The lowest BCUT2D eigenvalue weighted by Gasteiger charge is -2.08. The van der Waals surface area contributed by atoms with Crippen molar-refractivity contribution in [2.45, 2.75) is 6.61 Å². The Labute approximate surface area is 166 Å². The molecule has 2 aromatic carbocycles. The maximum atomic E-state index is 11.9. The van der Waals surface area contributed by atoms with Crippen LogP contribution < -0.4 is 10.2 Å². The topological polar surface area (TPSA) is 63.6 Å². The van der Waals surface area contributed by atoms with Gasteiger partial charge in [0.2, 0.25) is 0 Å². The lowest BCUT2D eigenvalue weighted by atomic mass is 10.2. The summed E-state index contributed by atoms with van der Waals surface area (Å²) >= 11 is 12.0. The molecule has 1 heterocycles. The Morgan fingerprint density at radius 3 is 2.81 bits per heavy atom. The van der Waals surface area contributed by atoms with Gasteiger partial charge in [-0.2, -0.15) is 5.10 Å². The summed E-state index contributed by atoms with van der Waals surface area (Å²) in [7, 11) is 0. The zero-order chi connectivity index (χ0) is 19.1. The zero-order valence-corrected chi connectivity index (χ0v) is 15.6. The molecule has 1 N–H and O–H groups in total. The van der Waals surface area contributed by atoms with Crippen LogP contribution in [-0.4, -0.2) is 17.1 Å². The summed E-state index contributed by atoms with van der Waals surface area (Å²) in [4.78, 5) is 15.8. The fourth-order valence-corrected chi connectivity index (χ4v) is 2.67. The highest BCUT2D eigenvalue weighted by Gasteiger charge is 2.04.